The Labute approximate surface area is 168 Å². The fourth-order valence-electron chi connectivity index (χ4n) is 3.38. The highest BCUT2D eigenvalue weighted by molar-refractivity contribution is 7.89. The van der Waals surface area contributed by atoms with Crippen molar-refractivity contribution in [1.82, 2.24) is 4.31 Å². The van der Waals surface area contributed by atoms with Crippen molar-refractivity contribution in [2.24, 2.45) is 0 Å². The molecule has 1 N–H and O–H groups in total. The summed E-state index contributed by atoms with van der Waals surface area (Å²) in [4.78, 5) is 10.9. The molecule has 8 nitrogen and oxygen atoms in total. The van der Waals surface area contributed by atoms with Crippen LogP contribution in [0.4, 0.5) is 15.8 Å². The molecule has 0 saturated heterocycles. The molecule has 2 aromatic carbocycles. The number of benzene rings is 2. The lowest BCUT2D eigenvalue weighted by molar-refractivity contribution is -0.384. The first kappa shape index (κ1) is 21.0. The monoisotopic (exact) mass is 423 g/mol. The van der Waals surface area contributed by atoms with E-state index in [1.165, 1.54) is 22.5 Å². The Balaban J connectivity index is 1.98. The number of nitrogens with one attached hydrogen (secondary N) is 1. The minimum absolute atomic E-state index is 0.125. The number of fused-ring (bicyclic) bond motifs is 1. The molecular weight excluding hydrogens is 401 g/mol. The standard InChI is InChI=1S/C19H22FN3O5S/c1-3-22(4-2)29(26,27)13-8-9-17(18(12-13)23(24)25)21-16-10-11-28-19-14(16)6-5-7-15(19)20/h5-9,12,16,21H,3-4,10-11H2,1-2H3/t16-/m0/s1. The van der Waals surface area contributed by atoms with Gasteiger partial charge in [0.2, 0.25) is 10.0 Å². The number of sulfonamides is 1. The number of rotatable bonds is 7. The van der Waals surface area contributed by atoms with Crippen molar-refractivity contribution in [3.8, 4) is 5.75 Å². The van der Waals surface area contributed by atoms with Gasteiger partial charge in [0, 0.05) is 31.1 Å². The lowest BCUT2D eigenvalue weighted by Crippen LogP contribution is -2.30. The first-order valence-corrected chi connectivity index (χ1v) is 10.7. The summed E-state index contributed by atoms with van der Waals surface area (Å²) >= 11 is 0. The molecule has 3 rings (SSSR count). The Hall–Kier alpha value is -2.72. The Morgan fingerprint density at radius 1 is 1.28 bits per heavy atom. The molecule has 0 spiro atoms. The van der Waals surface area contributed by atoms with Crippen LogP contribution < -0.4 is 10.1 Å². The van der Waals surface area contributed by atoms with Crippen molar-refractivity contribution >= 4 is 21.4 Å². The van der Waals surface area contributed by atoms with Crippen LogP contribution in [0, 0.1) is 15.9 Å². The van der Waals surface area contributed by atoms with Crippen LogP contribution in [0.3, 0.4) is 0 Å². The fraction of sp³-hybridized carbons (Fsp3) is 0.368. The van der Waals surface area contributed by atoms with Crippen molar-refractivity contribution in [2.75, 3.05) is 25.0 Å². The summed E-state index contributed by atoms with van der Waals surface area (Å²) in [6, 6.07) is 7.90. The van der Waals surface area contributed by atoms with Crippen LogP contribution in [0.1, 0.15) is 31.9 Å². The van der Waals surface area contributed by atoms with Gasteiger partial charge in [-0.05, 0) is 18.2 Å². The van der Waals surface area contributed by atoms with E-state index in [2.05, 4.69) is 5.32 Å². The van der Waals surface area contributed by atoms with Crippen molar-refractivity contribution < 1.29 is 22.5 Å². The molecule has 0 aliphatic carbocycles. The Bertz CT molecular complexity index is 1020. The van der Waals surface area contributed by atoms with E-state index in [4.69, 9.17) is 4.74 Å². The van der Waals surface area contributed by atoms with Crippen molar-refractivity contribution in [1.29, 1.82) is 0 Å². The number of ether oxygens (including phenoxy) is 1. The molecule has 0 fully saturated rings. The van der Waals surface area contributed by atoms with Crippen LogP contribution >= 0.6 is 0 Å². The third-order valence-electron chi connectivity index (χ3n) is 4.86. The summed E-state index contributed by atoms with van der Waals surface area (Å²) in [7, 11) is -3.83. The highest BCUT2D eigenvalue weighted by Crippen LogP contribution is 2.38. The number of hydrogen-bond acceptors (Lipinski definition) is 6. The van der Waals surface area contributed by atoms with Crippen LogP contribution in [-0.4, -0.2) is 37.3 Å². The van der Waals surface area contributed by atoms with E-state index in [1.807, 2.05) is 0 Å². The van der Waals surface area contributed by atoms with Gasteiger partial charge in [0.1, 0.15) is 5.69 Å². The molecule has 0 radical (unpaired) electrons. The van der Waals surface area contributed by atoms with Crippen LogP contribution in [0.25, 0.3) is 0 Å². The predicted molar refractivity (Wildman–Crippen MR) is 106 cm³/mol. The zero-order chi connectivity index (χ0) is 21.2. The van der Waals surface area contributed by atoms with Crippen LogP contribution in [0.5, 0.6) is 5.75 Å². The molecule has 29 heavy (non-hydrogen) atoms. The molecule has 0 aromatic heterocycles. The average molecular weight is 423 g/mol. The Morgan fingerprint density at radius 2 is 2.00 bits per heavy atom. The summed E-state index contributed by atoms with van der Waals surface area (Å²) in [5.74, 6) is -0.371. The highest BCUT2D eigenvalue weighted by atomic mass is 32.2. The number of nitro benzene ring substituents is 1. The average Bonchev–Trinajstić information content (AvgIpc) is 2.69. The lowest BCUT2D eigenvalue weighted by atomic mass is 10.00. The van der Waals surface area contributed by atoms with E-state index in [1.54, 1.807) is 26.0 Å². The quantitative estimate of drug-likeness (QED) is 0.538. The van der Waals surface area contributed by atoms with Gasteiger partial charge >= 0.3 is 0 Å². The normalized spacial score (nSPS) is 16.2. The van der Waals surface area contributed by atoms with E-state index in [9.17, 15) is 22.9 Å². The summed E-state index contributed by atoms with van der Waals surface area (Å²) in [5, 5.41) is 14.7. The highest BCUT2D eigenvalue weighted by Gasteiger charge is 2.29. The second-order valence-electron chi connectivity index (χ2n) is 6.52. The minimum Gasteiger partial charge on any atom is -0.490 e. The van der Waals surface area contributed by atoms with Crippen LogP contribution in [0.15, 0.2) is 41.3 Å². The van der Waals surface area contributed by atoms with Gasteiger partial charge in [-0.2, -0.15) is 4.31 Å². The topological polar surface area (TPSA) is 102 Å². The van der Waals surface area contributed by atoms with Gasteiger partial charge in [-0.15, -0.1) is 0 Å². The van der Waals surface area contributed by atoms with Crippen molar-refractivity contribution in [2.45, 2.75) is 31.2 Å². The number of nitro groups is 1. The van der Waals surface area contributed by atoms with Gasteiger partial charge in [0.05, 0.1) is 22.5 Å². The third kappa shape index (κ3) is 4.03. The molecule has 1 heterocycles. The van der Waals surface area contributed by atoms with E-state index < -0.39 is 26.8 Å². The van der Waals surface area contributed by atoms with E-state index in [0.717, 1.165) is 6.07 Å². The van der Waals surface area contributed by atoms with E-state index in [-0.39, 0.29) is 41.7 Å². The molecule has 0 bridgehead atoms. The van der Waals surface area contributed by atoms with Crippen molar-refractivity contribution in [3.63, 3.8) is 0 Å². The molecule has 1 atom stereocenters. The van der Waals surface area contributed by atoms with Gasteiger partial charge in [-0.1, -0.05) is 26.0 Å². The first-order valence-electron chi connectivity index (χ1n) is 9.25. The fourth-order valence-corrected chi connectivity index (χ4v) is 4.86. The molecule has 156 valence electrons. The van der Waals surface area contributed by atoms with Crippen molar-refractivity contribution in [3.05, 3.63) is 57.9 Å². The minimum atomic E-state index is -3.83. The predicted octanol–water partition coefficient (Wildman–Crippen LogP) is 3.70. The van der Waals surface area contributed by atoms with Crippen LogP contribution in [0.2, 0.25) is 0 Å². The smallest absolute Gasteiger partial charge is 0.293 e. The molecule has 0 unspecified atom stereocenters. The molecule has 1 aliphatic rings. The van der Waals surface area contributed by atoms with Gasteiger partial charge < -0.3 is 10.1 Å². The third-order valence-corrected chi connectivity index (χ3v) is 6.91. The van der Waals surface area contributed by atoms with Crippen LogP contribution in [-0.2, 0) is 10.0 Å². The maximum absolute atomic E-state index is 14.0. The summed E-state index contributed by atoms with van der Waals surface area (Å²) in [6.07, 6.45) is 0.479. The van der Waals surface area contributed by atoms with Gasteiger partial charge in [0.15, 0.2) is 11.6 Å². The Kier molecular flexibility index (Phi) is 6.04. The number of nitrogens with zero attached hydrogens (tertiary/aromatic N) is 2. The second kappa shape index (κ2) is 8.34. The second-order valence-corrected chi connectivity index (χ2v) is 8.46. The molecule has 0 amide bonds. The zero-order valence-electron chi connectivity index (χ0n) is 16.1. The Morgan fingerprint density at radius 3 is 2.66 bits per heavy atom. The first-order chi connectivity index (χ1) is 13.8. The SMILES string of the molecule is CCN(CC)S(=O)(=O)c1ccc(N[C@H]2CCOc3c(F)cccc32)c([N+](=O)[O-])c1. The lowest BCUT2D eigenvalue weighted by Gasteiger charge is -2.27. The number of halogens is 1. The summed E-state index contributed by atoms with van der Waals surface area (Å²) < 4.78 is 46.0. The summed E-state index contributed by atoms with van der Waals surface area (Å²) in [6.45, 7) is 4.18. The number of hydrogen-bond donors (Lipinski definition) is 1. The molecule has 2 aromatic rings. The van der Waals surface area contributed by atoms with Gasteiger partial charge in [-0.25, -0.2) is 12.8 Å². The molecular formula is C19H22FN3O5S. The largest absolute Gasteiger partial charge is 0.490 e. The molecule has 1 aliphatic heterocycles. The maximum Gasteiger partial charge on any atom is 0.293 e. The van der Waals surface area contributed by atoms with E-state index >= 15 is 0 Å². The number of para-hydroxylation sites is 1. The number of anilines is 1. The molecule has 10 heteroatoms. The maximum atomic E-state index is 14.0. The zero-order valence-corrected chi connectivity index (χ0v) is 16.9. The summed E-state index contributed by atoms with van der Waals surface area (Å²) in [5.41, 5.74) is 0.365. The van der Waals surface area contributed by atoms with E-state index in [0.29, 0.717) is 12.0 Å². The molecule has 0 saturated carbocycles. The van der Waals surface area contributed by atoms with Gasteiger partial charge in [-0.3, -0.25) is 10.1 Å². The van der Waals surface area contributed by atoms with Gasteiger partial charge in [0.25, 0.3) is 5.69 Å².